The lowest BCUT2D eigenvalue weighted by atomic mass is 9.46. The fourth-order valence-corrected chi connectivity index (χ4v) is 3.18. The standard InChI is InChI=1S/C9H13NO/c11-10-7-1-2-9(7)6-5-8(9)3-4-8/h11H,1-6H2/b10-7-/t9-/m0/s1. The van der Waals surface area contributed by atoms with Crippen LogP contribution in [0.1, 0.15) is 38.5 Å². The molecule has 0 amide bonds. The molecule has 2 spiro atoms. The number of hydrogen-bond acceptors (Lipinski definition) is 2. The fourth-order valence-electron chi connectivity index (χ4n) is 3.18. The Labute approximate surface area is 66.3 Å². The van der Waals surface area contributed by atoms with E-state index in [-0.39, 0.29) is 0 Å². The molecule has 3 aliphatic rings. The molecule has 0 saturated heterocycles. The van der Waals surface area contributed by atoms with Crippen LogP contribution in [0.3, 0.4) is 0 Å². The van der Waals surface area contributed by atoms with Crippen molar-refractivity contribution in [3.63, 3.8) is 0 Å². The number of hydrogen-bond donors (Lipinski definition) is 1. The second-order valence-corrected chi connectivity index (χ2v) is 4.41. The van der Waals surface area contributed by atoms with Crippen molar-refractivity contribution in [3.05, 3.63) is 0 Å². The summed E-state index contributed by atoms with van der Waals surface area (Å²) in [5.41, 5.74) is 2.18. The van der Waals surface area contributed by atoms with Crippen molar-refractivity contribution in [2.45, 2.75) is 38.5 Å². The molecule has 11 heavy (non-hydrogen) atoms. The van der Waals surface area contributed by atoms with Crippen molar-refractivity contribution in [2.75, 3.05) is 0 Å². The van der Waals surface area contributed by atoms with E-state index in [1.165, 1.54) is 32.1 Å². The van der Waals surface area contributed by atoms with E-state index in [0.29, 0.717) is 10.8 Å². The Morgan fingerprint density at radius 1 is 1.09 bits per heavy atom. The Bertz CT molecular complexity index is 238. The van der Waals surface area contributed by atoms with E-state index in [2.05, 4.69) is 5.16 Å². The third-order valence-corrected chi connectivity index (χ3v) is 4.36. The minimum Gasteiger partial charge on any atom is -0.411 e. The van der Waals surface area contributed by atoms with Gasteiger partial charge in [0.25, 0.3) is 0 Å². The first kappa shape index (κ1) is 6.04. The molecular formula is C9H13NO. The molecule has 1 N–H and O–H groups in total. The Hall–Kier alpha value is -0.530. The molecule has 3 saturated carbocycles. The first-order valence-corrected chi connectivity index (χ1v) is 4.54. The van der Waals surface area contributed by atoms with Crippen LogP contribution in [0.25, 0.3) is 0 Å². The van der Waals surface area contributed by atoms with Crippen molar-refractivity contribution in [2.24, 2.45) is 16.0 Å². The van der Waals surface area contributed by atoms with Gasteiger partial charge in [-0.05, 0) is 43.9 Å². The van der Waals surface area contributed by atoms with Gasteiger partial charge in [-0.1, -0.05) is 5.16 Å². The lowest BCUT2D eigenvalue weighted by molar-refractivity contribution is 0.0375. The zero-order valence-electron chi connectivity index (χ0n) is 6.64. The van der Waals surface area contributed by atoms with Gasteiger partial charge >= 0.3 is 0 Å². The average molecular weight is 151 g/mol. The van der Waals surface area contributed by atoms with Crippen molar-refractivity contribution in [1.82, 2.24) is 0 Å². The Morgan fingerprint density at radius 2 is 1.82 bits per heavy atom. The van der Waals surface area contributed by atoms with Gasteiger partial charge in [0.1, 0.15) is 0 Å². The van der Waals surface area contributed by atoms with E-state index in [4.69, 9.17) is 5.21 Å². The molecule has 0 radical (unpaired) electrons. The normalized spacial score (nSPS) is 47.5. The van der Waals surface area contributed by atoms with Crippen LogP contribution in [0.4, 0.5) is 0 Å². The van der Waals surface area contributed by atoms with Crippen molar-refractivity contribution in [3.8, 4) is 0 Å². The monoisotopic (exact) mass is 151 g/mol. The predicted molar refractivity (Wildman–Crippen MR) is 41.8 cm³/mol. The van der Waals surface area contributed by atoms with Gasteiger partial charge in [-0.15, -0.1) is 0 Å². The molecule has 0 aromatic carbocycles. The van der Waals surface area contributed by atoms with Crippen molar-refractivity contribution in [1.29, 1.82) is 0 Å². The summed E-state index contributed by atoms with van der Waals surface area (Å²) in [5, 5.41) is 12.2. The van der Waals surface area contributed by atoms with Crippen LogP contribution in [-0.4, -0.2) is 10.9 Å². The third kappa shape index (κ3) is 0.445. The summed E-state index contributed by atoms with van der Waals surface area (Å²) < 4.78 is 0. The Kier molecular flexibility index (Phi) is 0.809. The van der Waals surface area contributed by atoms with Crippen LogP contribution in [-0.2, 0) is 0 Å². The molecule has 0 aromatic heterocycles. The van der Waals surface area contributed by atoms with E-state index < -0.39 is 0 Å². The number of fused-ring (bicyclic) bond motifs is 1. The molecule has 0 aromatic rings. The molecule has 0 unspecified atom stereocenters. The van der Waals surface area contributed by atoms with Gasteiger partial charge in [0.2, 0.25) is 0 Å². The molecule has 3 aliphatic carbocycles. The quantitative estimate of drug-likeness (QED) is 0.417. The maximum Gasteiger partial charge on any atom is 0.0638 e. The van der Waals surface area contributed by atoms with Crippen molar-refractivity contribution >= 4 is 5.71 Å². The van der Waals surface area contributed by atoms with Crippen LogP contribution in [0.2, 0.25) is 0 Å². The van der Waals surface area contributed by atoms with E-state index in [9.17, 15) is 0 Å². The fraction of sp³-hybridized carbons (Fsp3) is 0.889. The number of nitrogens with zero attached hydrogens (tertiary/aromatic N) is 1. The lowest BCUT2D eigenvalue weighted by Crippen LogP contribution is -2.55. The highest BCUT2D eigenvalue weighted by atomic mass is 16.4. The number of rotatable bonds is 0. The van der Waals surface area contributed by atoms with E-state index in [1.807, 2.05) is 0 Å². The molecule has 0 heterocycles. The van der Waals surface area contributed by atoms with E-state index >= 15 is 0 Å². The molecule has 2 nitrogen and oxygen atoms in total. The SMILES string of the molecule is O/N=C1/CC[C@]12CCC21CC1. The summed E-state index contributed by atoms with van der Waals surface area (Å²) >= 11 is 0. The molecule has 3 fully saturated rings. The topological polar surface area (TPSA) is 32.6 Å². The van der Waals surface area contributed by atoms with Gasteiger partial charge in [0, 0.05) is 5.41 Å². The molecule has 0 bridgehead atoms. The largest absolute Gasteiger partial charge is 0.411 e. The van der Waals surface area contributed by atoms with Crippen LogP contribution < -0.4 is 0 Å². The van der Waals surface area contributed by atoms with Gasteiger partial charge in [0.15, 0.2) is 0 Å². The number of oxime groups is 1. The minimum absolute atomic E-state index is 0.418. The molecule has 0 aliphatic heterocycles. The molecular weight excluding hydrogens is 138 g/mol. The average Bonchev–Trinajstić information content (AvgIpc) is 2.63. The van der Waals surface area contributed by atoms with Crippen molar-refractivity contribution < 1.29 is 5.21 Å². The summed E-state index contributed by atoms with van der Waals surface area (Å²) in [6, 6.07) is 0. The molecule has 1 atom stereocenters. The van der Waals surface area contributed by atoms with E-state index in [0.717, 1.165) is 12.1 Å². The van der Waals surface area contributed by atoms with E-state index in [1.54, 1.807) is 0 Å². The highest BCUT2D eigenvalue weighted by molar-refractivity contribution is 5.97. The summed E-state index contributed by atoms with van der Waals surface area (Å²) in [4.78, 5) is 0. The van der Waals surface area contributed by atoms with Crippen LogP contribution in [0.5, 0.6) is 0 Å². The summed E-state index contributed by atoms with van der Waals surface area (Å²) in [7, 11) is 0. The van der Waals surface area contributed by atoms with Gasteiger partial charge in [-0.3, -0.25) is 0 Å². The highest BCUT2D eigenvalue weighted by Crippen LogP contribution is 2.76. The molecule has 3 rings (SSSR count). The molecule has 2 heteroatoms. The van der Waals surface area contributed by atoms with Gasteiger partial charge in [0.05, 0.1) is 5.71 Å². The van der Waals surface area contributed by atoms with Crippen LogP contribution >= 0.6 is 0 Å². The Morgan fingerprint density at radius 3 is 2.09 bits per heavy atom. The van der Waals surface area contributed by atoms with Crippen LogP contribution in [0.15, 0.2) is 5.16 Å². The maximum absolute atomic E-state index is 8.73. The zero-order valence-corrected chi connectivity index (χ0v) is 6.64. The van der Waals surface area contributed by atoms with Gasteiger partial charge in [-0.2, -0.15) is 0 Å². The van der Waals surface area contributed by atoms with Gasteiger partial charge < -0.3 is 5.21 Å². The predicted octanol–water partition coefficient (Wildman–Crippen LogP) is 2.17. The second-order valence-electron chi connectivity index (χ2n) is 4.41. The highest BCUT2D eigenvalue weighted by Gasteiger charge is 2.70. The summed E-state index contributed by atoms with van der Waals surface area (Å²) in [6.45, 7) is 0. The minimum atomic E-state index is 0.418. The smallest absolute Gasteiger partial charge is 0.0638 e. The first-order valence-electron chi connectivity index (χ1n) is 4.54. The summed E-state index contributed by atoms with van der Waals surface area (Å²) in [5.74, 6) is 0. The summed E-state index contributed by atoms with van der Waals surface area (Å²) in [6.07, 6.45) is 7.83. The zero-order chi connectivity index (χ0) is 7.53. The van der Waals surface area contributed by atoms with Gasteiger partial charge in [-0.25, -0.2) is 0 Å². The van der Waals surface area contributed by atoms with Crippen LogP contribution in [0, 0.1) is 10.8 Å². The lowest BCUT2D eigenvalue weighted by Gasteiger charge is -2.57. The first-order chi connectivity index (χ1) is 5.33. The maximum atomic E-state index is 8.73. The third-order valence-electron chi connectivity index (χ3n) is 4.36. The Balaban J connectivity index is 1.96. The second kappa shape index (κ2) is 1.47. The molecule has 60 valence electrons.